The molecule has 7 heteroatoms. The van der Waals surface area contributed by atoms with Gasteiger partial charge in [-0.1, -0.05) is 29.8 Å². The van der Waals surface area contributed by atoms with Gasteiger partial charge in [0.15, 0.2) is 0 Å². The highest BCUT2D eigenvalue weighted by Gasteiger charge is 2.25. The van der Waals surface area contributed by atoms with Crippen LogP contribution in [0.2, 0.25) is 0 Å². The number of hydrogen-bond donors (Lipinski definition) is 1. The van der Waals surface area contributed by atoms with E-state index in [1.54, 1.807) is 6.07 Å². The molecule has 3 aromatic rings. The van der Waals surface area contributed by atoms with Crippen molar-refractivity contribution in [3.05, 3.63) is 89.4 Å². The molecule has 6 nitrogen and oxygen atoms in total. The highest BCUT2D eigenvalue weighted by atomic mass is 32.2. The van der Waals surface area contributed by atoms with E-state index in [0.29, 0.717) is 0 Å². The average Bonchev–Trinajstić information content (AvgIpc) is 3.16. The van der Waals surface area contributed by atoms with Gasteiger partial charge in [-0.05, 0) is 42.8 Å². The second-order valence-electron chi connectivity index (χ2n) is 6.22. The molecule has 0 aliphatic rings. The van der Waals surface area contributed by atoms with Gasteiger partial charge in [0.05, 0.1) is 23.0 Å². The number of carbonyl (C=O) groups is 1. The number of hydrogen-bond acceptors (Lipinski definition) is 4. The lowest BCUT2D eigenvalue weighted by Crippen LogP contribution is -2.30. The van der Waals surface area contributed by atoms with Crippen molar-refractivity contribution < 1.29 is 22.7 Å². The molecule has 1 N–H and O–H groups in total. The first-order valence-corrected chi connectivity index (χ1v) is 9.70. The Kier molecular flexibility index (Phi) is 5.43. The van der Waals surface area contributed by atoms with Gasteiger partial charge in [-0.25, -0.2) is 13.2 Å². The van der Waals surface area contributed by atoms with Crippen LogP contribution in [-0.2, 0) is 23.1 Å². The van der Waals surface area contributed by atoms with Crippen molar-refractivity contribution in [3.63, 3.8) is 0 Å². The van der Waals surface area contributed by atoms with E-state index in [2.05, 4.69) is 0 Å². The van der Waals surface area contributed by atoms with E-state index in [-0.39, 0.29) is 23.5 Å². The van der Waals surface area contributed by atoms with E-state index in [1.165, 1.54) is 41.1 Å². The predicted molar refractivity (Wildman–Crippen MR) is 99.7 cm³/mol. The zero-order chi connectivity index (χ0) is 19.4. The van der Waals surface area contributed by atoms with Crippen molar-refractivity contribution in [2.75, 3.05) is 0 Å². The predicted octanol–water partition coefficient (Wildman–Crippen LogP) is 3.68. The monoisotopic (exact) mass is 385 g/mol. The Hall–Kier alpha value is -2.90. The van der Waals surface area contributed by atoms with Crippen molar-refractivity contribution in [2.45, 2.75) is 24.9 Å². The number of nitrogens with zero attached hydrogens (tertiary/aromatic N) is 1. The topological polar surface area (TPSA) is 87.8 Å². The highest BCUT2D eigenvalue weighted by molar-refractivity contribution is 7.89. The molecule has 27 heavy (non-hydrogen) atoms. The molecule has 0 aliphatic carbocycles. The maximum Gasteiger partial charge on any atom is 0.335 e. The smallest absolute Gasteiger partial charge is 0.335 e. The molecule has 0 spiro atoms. The Morgan fingerprint density at radius 2 is 1.59 bits per heavy atom. The molecule has 140 valence electrons. The van der Waals surface area contributed by atoms with Crippen molar-refractivity contribution in [3.8, 4) is 0 Å². The van der Waals surface area contributed by atoms with Crippen LogP contribution in [-0.4, -0.2) is 23.8 Å². The highest BCUT2D eigenvalue weighted by Crippen LogP contribution is 2.22. The molecule has 0 unspecified atom stereocenters. The number of benzene rings is 2. The van der Waals surface area contributed by atoms with Crippen molar-refractivity contribution in [1.82, 2.24) is 4.31 Å². The molecule has 0 fully saturated rings. The summed E-state index contributed by atoms with van der Waals surface area (Å²) in [5.74, 6) is -1.10. The average molecular weight is 385 g/mol. The van der Waals surface area contributed by atoms with E-state index in [1.807, 2.05) is 31.2 Å². The van der Waals surface area contributed by atoms with E-state index in [9.17, 15) is 13.2 Å². The van der Waals surface area contributed by atoms with Crippen molar-refractivity contribution in [1.29, 1.82) is 0 Å². The normalized spacial score (nSPS) is 11.6. The molecule has 0 saturated heterocycles. The largest absolute Gasteiger partial charge is 0.478 e. The summed E-state index contributed by atoms with van der Waals surface area (Å²) < 4.78 is 32.7. The quantitative estimate of drug-likeness (QED) is 0.670. The lowest BCUT2D eigenvalue weighted by Gasteiger charge is -2.22. The Bertz CT molecular complexity index is 1010. The van der Waals surface area contributed by atoms with Crippen LogP contribution in [0.5, 0.6) is 0 Å². The van der Waals surface area contributed by atoms with Crippen LogP contribution >= 0.6 is 0 Å². The summed E-state index contributed by atoms with van der Waals surface area (Å²) in [6.45, 7) is 2.30. The molecule has 0 bridgehead atoms. The van der Waals surface area contributed by atoms with Crippen LogP contribution in [0.4, 0.5) is 0 Å². The summed E-state index contributed by atoms with van der Waals surface area (Å²) >= 11 is 0. The Morgan fingerprint density at radius 3 is 2.15 bits per heavy atom. The van der Waals surface area contributed by atoms with E-state index < -0.39 is 16.0 Å². The van der Waals surface area contributed by atoms with Crippen molar-refractivity contribution >= 4 is 16.0 Å². The third kappa shape index (κ3) is 4.45. The Morgan fingerprint density at radius 1 is 0.963 bits per heavy atom. The fourth-order valence-electron chi connectivity index (χ4n) is 2.63. The second kappa shape index (κ2) is 7.77. The third-order valence-electron chi connectivity index (χ3n) is 4.16. The van der Waals surface area contributed by atoms with Crippen LogP contribution in [0.1, 0.15) is 27.0 Å². The van der Waals surface area contributed by atoms with E-state index >= 15 is 0 Å². The Balaban J connectivity index is 1.94. The maximum absolute atomic E-state index is 13.2. The minimum absolute atomic E-state index is 0.0360. The van der Waals surface area contributed by atoms with Crippen molar-refractivity contribution in [2.24, 2.45) is 0 Å². The van der Waals surface area contributed by atoms with Gasteiger partial charge < -0.3 is 9.52 Å². The molecule has 0 aliphatic heterocycles. The molecule has 0 amide bonds. The first-order valence-electron chi connectivity index (χ1n) is 8.26. The SMILES string of the molecule is Cc1ccc(CN(Cc2ccoc2)S(=O)(=O)c2ccc(C(=O)O)cc2)cc1. The molecule has 3 rings (SSSR count). The van der Waals surface area contributed by atoms with Crippen LogP contribution in [0.15, 0.2) is 76.4 Å². The minimum Gasteiger partial charge on any atom is -0.478 e. The fraction of sp³-hybridized carbons (Fsp3) is 0.150. The van der Waals surface area contributed by atoms with Gasteiger partial charge >= 0.3 is 5.97 Å². The summed E-state index contributed by atoms with van der Waals surface area (Å²) in [5, 5.41) is 9.01. The van der Waals surface area contributed by atoms with Gasteiger partial charge in [0, 0.05) is 18.7 Å². The second-order valence-corrected chi connectivity index (χ2v) is 8.16. The number of furan rings is 1. The Labute approximate surface area is 157 Å². The maximum atomic E-state index is 13.2. The molecule has 1 aromatic heterocycles. The molecule has 2 aromatic carbocycles. The molecule has 0 saturated carbocycles. The fourth-order valence-corrected chi connectivity index (χ4v) is 4.04. The first kappa shape index (κ1) is 18.9. The van der Waals surface area contributed by atoms with Crippen LogP contribution in [0.3, 0.4) is 0 Å². The van der Waals surface area contributed by atoms with Crippen LogP contribution in [0.25, 0.3) is 0 Å². The summed E-state index contributed by atoms with van der Waals surface area (Å²) in [6, 6.07) is 14.6. The van der Waals surface area contributed by atoms with Crippen LogP contribution in [0, 0.1) is 6.92 Å². The molecular formula is C20H19NO5S. The number of aryl methyl sites for hydroxylation is 1. The number of sulfonamides is 1. The van der Waals surface area contributed by atoms with E-state index in [0.717, 1.165) is 16.7 Å². The number of carboxylic acid groups (broad SMARTS) is 1. The lowest BCUT2D eigenvalue weighted by molar-refractivity contribution is 0.0696. The first-order chi connectivity index (χ1) is 12.9. The van der Waals surface area contributed by atoms with Gasteiger partial charge in [0.1, 0.15) is 0 Å². The standard InChI is InChI=1S/C20H19NO5S/c1-15-2-4-16(5-3-15)12-21(13-17-10-11-26-14-17)27(24,25)19-8-6-18(7-9-19)20(22)23/h2-11,14H,12-13H2,1H3,(H,22,23). The van der Waals surface area contributed by atoms with E-state index in [4.69, 9.17) is 9.52 Å². The summed E-state index contributed by atoms with van der Waals surface area (Å²) in [6.07, 6.45) is 3.00. The molecular weight excluding hydrogens is 366 g/mol. The van der Waals surface area contributed by atoms with Gasteiger partial charge in [-0.2, -0.15) is 4.31 Å². The third-order valence-corrected chi connectivity index (χ3v) is 5.96. The van der Waals surface area contributed by atoms with Crippen LogP contribution < -0.4 is 0 Å². The minimum atomic E-state index is -3.83. The number of carboxylic acids is 1. The summed E-state index contributed by atoms with van der Waals surface area (Å²) in [4.78, 5) is 11.1. The molecule has 0 radical (unpaired) electrons. The summed E-state index contributed by atoms with van der Waals surface area (Å²) in [5.41, 5.74) is 2.71. The zero-order valence-corrected chi connectivity index (χ0v) is 15.5. The van der Waals surface area contributed by atoms with Gasteiger partial charge in [0.25, 0.3) is 0 Å². The summed E-state index contributed by atoms with van der Waals surface area (Å²) in [7, 11) is -3.83. The molecule has 1 heterocycles. The number of rotatable bonds is 7. The lowest BCUT2D eigenvalue weighted by atomic mass is 10.1. The zero-order valence-electron chi connectivity index (χ0n) is 14.7. The van der Waals surface area contributed by atoms with Gasteiger partial charge in [-0.3, -0.25) is 0 Å². The van der Waals surface area contributed by atoms with Gasteiger partial charge in [0.2, 0.25) is 10.0 Å². The van der Waals surface area contributed by atoms with Gasteiger partial charge in [-0.15, -0.1) is 0 Å². The molecule has 0 atom stereocenters. The number of aromatic carboxylic acids is 1.